The minimum Gasteiger partial charge on any atom is -0.465 e. The average molecular weight is 406 g/mol. The van der Waals surface area contributed by atoms with Gasteiger partial charge < -0.3 is 4.74 Å². The number of fused-ring (bicyclic) bond motifs is 1. The van der Waals surface area contributed by atoms with E-state index in [1.807, 2.05) is 0 Å². The lowest BCUT2D eigenvalue weighted by atomic mass is 10.0. The van der Waals surface area contributed by atoms with Crippen molar-refractivity contribution in [2.24, 2.45) is 0 Å². The minimum atomic E-state index is -2.69. The maximum absolute atomic E-state index is 13.9. The number of rotatable bonds is 6. The highest BCUT2D eigenvalue weighted by Crippen LogP contribution is 2.45. The van der Waals surface area contributed by atoms with Gasteiger partial charge in [-0.1, -0.05) is 23.7 Å². The van der Waals surface area contributed by atoms with Crippen molar-refractivity contribution in [1.29, 1.82) is 0 Å². The van der Waals surface area contributed by atoms with Gasteiger partial charge in [-0.3, -0.25) is 4.79 Å². The Morgan fingerprint density at radius 2 is 2.04 bits per heavy atom. The fourth-order valence-electron chi connectivity index (χ4n) is 3.25. The molecule has 8 heteroatoms. The molecule has 0 radical (unpaired) electrons. The Morgan fingerprint density at radius 3 is 2.64 bits per heavy atom. The van der Waals surface area contributed by atoms with E-state index < -0.39 is 12.4 Å². The zero-order chi connectivity index (χ0) is 19.8. The van der Waals surface area contributed by atoms with Crippen molar-refractivity contribution in [2.75, 3.05) is 6.61 Å². The van der Waals surface area contributed by atoms with Gasteiger partial charge in [0, 0.05) is 22.1 Å². The van der Waals surface area contributed by atoms with E-state index in [2.05, 4.69) is 10.1 Å². The predicted octanol–water partition coefficient (Wildman–Crippen LogP) is 5.13. The van der Waals surface area contributed by atoms with Gasteiger partial charge in [-0.25, -0.2) is 18.4 Å². The summed E-state index contributed by atoms with van der Waals surface area (Å²) in [5, 5.41) is 5.35. The number of halogens is 3. The van der Waals surface area contributed by atoms with Crippen molar-refractivity contribution in [3.8, 4) is 11.3 Å². The van der Waals surface area contributed by atoms with Crippen LogP contribution in [0.2, 0.25) is 5.02 Å². The van der Waals surface area contributed by atoms with Gasteiger partial charge in [-0.05, 0) is 38.0 Å². The first-order valence-corrected chi connectivity index (χ1v) is 9.46. The average Bonchev–Trinajstić information content (AvgIpc) is 3.45. The number of nitrogens with zero attached hydrogens (tertiary/aromatic N) is 3. The lowest BCUT2D eigenvalue weighted by Crippen LogP contribution is -2.15. The Balaban J connectivity index is 1.91. The first-order chi connectivity index (χ1) is 13.5. The largest absolute Gasteiger partial charge is 0.465 e. The summed E-state index contributed by atoms with van der Waals surface area (Å²) in [5.41, 5.74) is 1.78. The Bertz CT molecular complexity index is 1030. The van der Waals surface area contributed by atoms with E-state index in [1.165, 1.54) is 10.7 Å². The van der Waals surface area contributed by atoms with Crippen LogP contribution in [0.4, 0.5) is 8.78 Å². The van der Waals surface area contributed by atoms with Crippen LogP contribution in [0.15, 0.2) is 30.3 Å². The molecule has 0 bridgehead atoms. The van der Waals surface area contributed by atoms with Crippen LogP contribution in [0.5, 0.6) is 0 Å². The van der Waals surface area contributed by atoms with E-state index in [4.69, 9.17) is 16.3 Å². The number of carbonyl (C=O) groups is 1. The van der Waals surface area contributed by atoms with E-state index in [-0.39, 0.29) is 30.3 Å². The van der Waals surface area contributed by atoms with E-state index in [0.29, 0.717) is 27.4 Å². The first-order valence-electron chi connectivity index (χ1n) is 9.09. The fourth-order valence-corrected chi connectivity index (χ4v) is 3.38. The maximum atomic E-state index is 13.9. The Morgan fingerprint density at radius 1 is 1.32 bits per heavy atom. The molecule has 0 aliphatic heterocycles. The third kappa shape index (κ3) is 3.58. The summed E-state index contributed by atoms with van der Waals surface area (Å²) in [4.78, 5) is 16.6. The molecule has 1 aliphatic rings. The molecule has 28 heavy (non-hydrogen) atoms. The molecule has 0 N–H and O–H groups in total. The van der Waals surface area contributed by atoms with Crippen LogP contribution < -0.4 is 0 Å². The molecule has 1 aliphatic carbocycles. The molecule has 2 aromatic heterocycles. The molecule has 0 amide bonds. The monoisotopic (exact) mass is 405 g/mol. The first kappa shape index (κ1) is 18.8. The highest BCUT2D eigenvalue weighted by Gasteiger charge is 2.33. The van der Waals surface area contributed by atoms with Gasteiger partial charge in [0.15, 0.2) is 5.65 Å². The van der Waals surface area contributed by atoms with E-state index in [9.17, 15) is 13.6 Å². The van der Waals surface area contributed by atoms with Crippen molar-refractivity contribution in [2.45, 2.75) is 38.7 Å². The van der Waals surface area contributed by atoms with Crippen LogP contribution in [0.25, 0.3) is 22.3 Å². The number of benzene rings is 1. The number of hydrogen-bond acceptors (Lipinski definition) is 4. The molecule has 0 saturated heterocycles. The second-order valence-electron chi connectivity index (χ2n) is 6.73. The zero-order valence-electron chi connectivity index (χ0n) is 15.2. The van der Waals surface area contributed by atoms with Crippen molar-refractivity contribution < 1.29 is 18.3 Å². The number of esters is 1. The predicted molar refractivity (Wildman–Crippen MR) is 102 cm³/mol. The van der Waals surface area contributed by atoms with Crippen molar-refractivity contribution in [3.05, 3.63) is 46.6 Å². The summed E-state index contributed by atoms with van der Waals surface area (Å²) in [6, 6.07) is 8.20. The molecule has 0 atom stereocenters. The van der Waals surface area contributed by atoms with Crippen LogP contribution in [-0.4, -0.2) is 27.3 Å². The zero-order valence-corrected chi connectivity index (χ0v) is 15.9. The molecule has 1 fully saturated rings. The number of pyridine rings is 1. The SMILES string of the molecule is CCOC(=O)Cn1nc(C2CC2)c2c(C(F)F)cc(-c3ccc(Cl)cc3)nc21. The Kier molecular flexibility index (Phi) is 5.02. The summed E-state index contributed by atoms with van der Waals surface area (Å²) in [5.74, 6) is -0.349. The molecule has 1 aromatic carbocycles. The van der Waals surface area contributed by atoms with Crippen LogP contribution in [0.1, 0.15) is 43.4 Å². The molecular formula is C20H18ClF2N3O2. The van der Waals surface area contributed by atoms with Crippen molar-refractivity contribution >= 4 is 28.6 Å². The number of aromatic nitrogens is 3. The molecule has 0 spiro atoms. The minimum absolute atomic E-state index is 0.119. The fraction of sp³-hybridized carbons (Fsp3) is 0.350. The van der Waals surface area contributed by atoms with Gasteiger partial charge in [-0.2, -0.15) is 5.10 Å². The number of carbonyl (C=O) groups excluding carboxylic acids is 1. The summed E-state index contributed by atoms with van der Waals surface area (Å²) in [7, 11) is 0. The van der Waals surface area contributed by atoms with Gasteiger partial charge in [0.05, 0.1) is 23.4 Å². The Labute approximate surface area is 165 Å². The smallest absolute Gasteiger partial charge is 0.327 e. The van der Waals surface area contributed by atoms with Crippen LogP contribution >= 0.6 is 11.6 Å². The van der Waals surface area contributed by atoms with Gasteiger partial charge >= 0.3 is 5.97 Å². The Hall–Kier alpha value is -2.54. The molecule has 0 unspecified atom stereocenters. The summed E-state index contributed by atoms with van der Waals surface area (Å²) >= 11 is 5.93. The topological polar surface area (TPSA) is 57.0 Å². The summed E-state index contributed by atoms with van der Waals surface area (Å²) in [6.45, 7) is 1.77. The number of alkyl halides is 2. The molecule has 1 saturated carbocycles. The highest BCUT2D eigenvalue weighted by molar-refractivity contribution is 6.30. The van der Waals surface area contributed by atoms with Crippen LogP contribution in [0.3, 0.4) is 0 Å². The summed E-state index contributed by atoms with van der Waals surface area (Å²) in [6.07, 6.45) is -0.894. The standard InChI is InChI=1S/C20H18ClF2N3O2/c1-2-28-16(27)10-26-20-17(18(25-26)12-3-4-12)14(19(22)23)9-15(24-20)11-5-7-13(21)8-6-11/h5-9,12,19H,2-4,10H2,1H3. The van der Waals surface area contributed by atoms with Crippen LogP contribution in [-0.2, 0) is 16.1 Å². The lowest BCUT2D eigenvalue weighted by Gasteiger charge is -2.09. The molecule has 146 valence electrons. The molecular weight excluding hydrogens is 388 g/mol. The second kappa shape index (κ2) is 7.47. The molecule has 5 nitrogen and oxygen atoms in total. The normalized spacial score (nSPS) is 14.0. The molecule has 3 aromatic rings. The van der Waals surface area contributed by atoms with Crippen molar-refractivity contribution in [1.82, 2.24) is 14.8 Å². The summed E-state index contributed by atoms with van der Waals surface area (Å²) < 4.78 is 34.2. The van der Waals surface area contributed by atoms with E-state index in [1.54, 1.807) is 31.2 Å². The van der Waals surface area contributed by atoms with Gasteiger partial charge in [0.2, 0.25) is 0 Å². The molecule has 4 rings (SSSR count). The highest BCUT2D eigenvalue weighted by atomic mass is 35.5. The number of hydrogen-bond donors (Lipinski definition) is 0. The number of ether oxygens (including phenoxy) is 1. The van der Waals surface area contributed by atoms with Gasteiger partial charge in [0.1, 0.15) is 6.54 Å². The molecule has 2 heterocycles. The third-order valence-electron chi connectivity index (χ3n) is 4.68. The third-order valence-corrected chi connectivity index (χ3v) is 4.94. The maximum Gasteiger partial charge on any atom is 0.327 e. The van der Waals surface area contributed by atoms with E-state index >= 15 is 0 Å². The van der Waals surface area contributed by atoms with E-state index in [0.717, 1.165) is 12.8 Å². The van der Waals surface area contributed by atoms with Crippen molar-refractivity contribution in [3.63, 3.8) is 0 Å². The van der Waals surface area contributed by atoms with Gasteiger partial charge in [-0.15, -0.1) is 0 Å². The van der Waals surface area contributed by atoms with Crippen LogP contribution in [0, 0.1) is 0 Å². The van der Waals surface area contributed by atoms with Gasteiger partial charge in [0.25, 0.3) is 6.43 Å². The quantitative estimate of drug-likeness (QED) is 0.533. The second-order valence-corrected chi connectivity index (χ2v) is 7.16. The lowest BCUT2D eigenvalue weighted by molar-refractivity contribution is -0.143.